The van der Waals surface area contributed by atoms with Gasteiger partial charge in [-0.1, -0.05) is 18.2 Å². The first kappa shape index (κ1) is 17.4. The summed E-state index contributed by atoms with van der Waals surface area (Å²) in [5, 5.41) is 7.50. The molecule has 1 aromatic heterocycles. The fourth-order valence-corrected chi connectivity index (χ4v) is 2.50. The molecule has 0 aliphatic heterocycles. The molecule has 116 valence electrons. The maximum absolute atomic E-state index is 11.9. The van der Waals surface area contributed by atoms with Gasteiger partial charge in [-0.15, -0.1) is 11.3 Å². The molecule has 0 aliphatic carbocycles. The average molecular weight is 310 g/mol. The van der Waals surface area contributed by atoms with Gasteiger partial charge in [0.1, 0.15) is 0 Å². The van der Waals surface area contributed by atoms with Crippen molar-refractivity contribution < 1.29 is 14.3 Å². The highest BCUT2D eigenvalue weighted by Crippen LogP contribution is 2.21. The smallest absolute Gasteiger partial charge is 0.222 e. The van der Waals surface area contributed by atoms with Crippen LogP contribution < -0.4 is 10.6 Å². The highest BCUT2D eigenvalue weighted by atomic mass is 32.1. The highest BCUT2D eigenvalue weighted by Gasteiger charge is 2.17. The lowest BCUT2D eigenvalue weighted by atomic mass is 10.1. The third-order valence-electron chi connectivity index (χ3n) is 2.57. The summed E-state index contributed by atoms with van der Waals surface area (Å²) in [6, 6.07) is 3.53. The van der Waals surface area contributed by atoms with Gasteiger partial charge >= 0.3 is 0 Å². The number of rotatable bonds is 9. The zero-order valence-corrected chi connectivity index (χ0v) is 13.3. The Hall–Kier alpha value is -1.66. The standard InChI is InChI=1S/C15H22N2O3S/c1-11(2)10-20-7-6-16-15(19)9-13(17-12(3)18)14-5-4-8-21-14/h4-5,8,13H,1,6-7,9-10H2,2-3H3,(H,16,19)(H,17,18). The van der Waals surface area contributed by atoms with Gasteiger partial charge in [-0.25, -0.2) is 0 Å². The molecule has 1 aromatic rings. The maximum Gasteiger partial charge on any atom is 0.222 e. The lowest BCUT2D eigenvalue weighted by Gasteiger charge is -2.16. The molecule has 1 atom stereocenters. The summed E-state index contributed by atoms with van der Waals surface area (Å²) >= 11 is 1.52. The van der Waals surface area contributed by atoms with Crippen LogP contribution in [0.15, 0.2) is 29.7 Å². The van der Waals surface area contributed by atoms with Crippen molar-refractivity contribution in [2.45, 2.75) is 26.3 Å². The zero-order valence-electron chi connectivity index (χ0n) is 12.5. The van der Waals surface area contributed by atoms with Crippen LogP contribution in [0, 0.1) is 0 Å². The van der Waals surface area contributed by atoms with E-state index in [0.717, 1.165) is 10.5 Å². The molecule has 6 heteroatoms. The van der Waals surface area contributed by atoms with Crippen molar-refractivity contribution in [2.24, 2.45) is 0 Å². The Labute approximate surface area is 129 Å². The van der Waals surface area contributed by atoms with E-state index in [1.165, 1.54) is 18.3 Å². The molecule has 2 N–H and O–H groups in total. The van der Waals surface area contributed by atoms with Crippen LogP contribution >= 0.6 is 11.3 Å². The van der Waals surface area contributed by atoms with Crippen LogP contribution in [0.2, 0.25) is 0 Å². The van der Waals surface area contributed by atoms with Crippen molar-refractivity contribution >= 4 is 23.2 Å². The van der Waals surface area contributed by atoms with Gasteiger partial charge in [-0.3, -0.25) is 9.59 Å². The Morgan fingerprint density at radius 2 is 2.19 bits per heavy atom. The largest absolute Gasteiger partial charge is 0.375 e. The van der Waals surface area contributed by atoms with E-state index in [9.17, 15) is 9.59 Å². The fourth-order valence-electron chi connectivity index (χ4n) is 1.72. The Balaban J connectivity index is 2.35. The summed E-state index contributed by atoms with van der Waals surface area (Å²) in [5.41, 5.74) is 0.949. The summed E-state index contributed by atoms with van der Waals surface area (Å²) in [5.74, 6) is -0.257. The van der Waals surface area contributed by atoms with E-state index in [1.54, 1.807) is 0 Å². The normalized spacial score (nSPS) is 11.7. The molecule has 5 nitrogen and oxygen atoms in total. The third kappa shape index (κ3) is 7.63. The number of nitrogens with one attached hydrogen (secondary N) is 2. The number of hydrogen-bond acceptors (Lipinski definition) is 4. The number of hydrogen-bond donors (Lipinski definition) is 2. The lowest BCUT2D eigenvalue weighted by molar-refractivity contribution is -0.122. The van der Waals surface area contributed by atoms with E-state index in [4.69, 9.17) is 4.74 Å². The molecule has 2 amide bonds. The van der Waals surface area contributed by atoms with Crippen molar-refractivity contribution in [1.29, 1.82) is 0 Å². The molecule has 21 heavy (non-hydrogen) atoms. The number of thiophene rings is 1. The fraction of sp³-hybridized carbons (Fsp3) is 0.467. The second kappa shape index (κ2) is 9.31. The number of ether oxygens (including phenoxy) is 1. The van der Waals surface area contributed by atoms with Crippen LogP contribution in [0.4, 0.5) is 0 Å². The molecule has 0 bridgehead atoms. The van der Waals surface area contributed by atoms with Gasteiger partial charge in [0.05, 0.1) is 25.7 Å². The van der Waals surface area contributed by atoms with E-state index in [1.807, 2.05) is 24.4 Å². The molecule has 0 saturated heterocycles. The summed E-state index contributed by atoms with van der Waals surface area (Å²) in [7, 11) is 0. The Kier molecular flexibility index (Phi) is 7.71. The van der Waals surface area contributed by atoms with E-state index in [0.29, 0.717) is 19.8 Å². The minimum Gasteiger partial charge on any atom is -0.375 e. The molecule has 1 heterocycles. The topological polar surface area (TPSA) is 67.4 Å². The van der Waals surface area contributed by atoms with Crippen LogP contribution in [0.1, 0.15) is 31.2 Å². The quantitative estimate of drug-likeness (QED) is 0.542. The molecule has 0 spiro atoms. The van der Waals surface area contributed by atoms with Crippen LogP contribution in [-0.2, 0) is 14.3 Å². The van der Waals surface area contributed by atoms with Crippen LogP contribution in [0.3, 0.4) is 0 Å². The Bertz CT molecular complexity index is 471. The number of carbonyl (C=O) groups excluding carboxylic acids is 2. The van der Waals surface area contributed by atoms with Crippen molar-refractivity contribution in [3.63, 3.8) is 0 Å². The Morgan fingerprint density at radius 1 is 1.43 bits per heavy atom. The monoisotopic (exact) mass is 310 g/mol. The van der Waals surface area contributed by atoms with Gasteiger partial charge in [0.25, 0.3) is 0 Å². The molecule has 0 aromatic carbocycles. The average Bonchev–Trinajstić information content (AvgIpc) is 2.90. The first-order valence-corrected chi connectivity index (χ1v) is 7.66. The summed E-state index contributed by atoms with van der Waals surface area (Å²) < 4.78 is 5.31. The predicted octanol–water partition coefficient (Wildman–Crippen LogP) is 2.02. The predicted molar refractivity (Wildman–Crippen MR) is 84.1 cm³/mol. The minimum absolute atomic E-state index is 0.110. The van der Waals surface area contributed by atoms with Crippen LogP contribution in [-0.4, -0.2) is 31.6 Å². The van der Waals surface area contributed by atoms with E-state index >= 15 is 0 Å². The molecule has 0 saturated carbocycles. The van der Waals surface area contributed by atoms with Crippen molar-refractivity contribution in [3.05, 3.63) is 34.5 Å². The van der Waals surface area contributed by atoms with E-state index in [2.05, 4.69) is 17.2 Å². The Morgan fingerprint density at radius 3 is 2.76 bits per heavy atom. The third-order valence-corrected chi connectivity index (χ3v) is 3.56. The van der Waals surface area contributed by atoms with Crippen molar-refractivity contribution in [1.82, 2.24) is 10.6 Å². The van der Waals surface area contributed by atoms with Crippen LogP contribution in [0.5, 0.6) is 0 Å². The van der Waals surface area contributed by atoms with Crippen molar-refractivity contribution in [2.75, 3.05) is 19.8 Å². The first-order chi connectivity index (χ1) is 9.99. The molecular formula is C15H22N2O3S. The van der Waals surface area contributed by atoms with Gasteiger partial charge in [0, 0.05) is 18.3 Å². The second-order valence-electron chi connectivity index (χ2n) is 4.83. The molecule has 0 aliphatic rings. The second-order valence-corrected chi connectivity index (χ2v) is 5.81. The number of carbonyl (C=O) groups is 2. The first-order valence-electron chi connectivity index (χ1n) is 6.78. The maximum atomic E-state index is 11.9. The van der Waals surface area contributed by atoms with Gasteiger partial charge < -0.3 is 15.4 Å². The summed E-state index contributed by atoms with van der Waals surface area (Å²) in [6.07, 6.45) is 0.223. The van der Waals surface area contributed by atoms with Crippen molar-refractivity contribution in [3.8, 4) is 0 Å². The number of amides is 2. The SMILES string of the molecule is C=C(C)COCCNC(=O)CC(NC(C)=O)c1cccs1. The molecule has 0 fully saturated rings. The van der Waals surface area contributed by atoms with Gasteiger partial charge in [-0.05, 0) is 18.4 Å². The van der Waals surface area contributed by atoms with Gasteiger partial charge in [0.2, 0.25) is 11.8 Å². The van der Waals surface area contributed by atoms with Gasteiger partial charge in [-0.2, -0.15) is 0 Å². The van der Waals surface area contributed by atoms with Crippen LogP contribution in [0.25, 0.3) is 0 Å². The molecular weight excluding hydrogens is 288 g/mol. The molecule has 1 rings (SSSR count). The molecule has 0 radical (unpaired) electrons. The van der Waals surface area contributed by atoms with E-state index < -0.39 is 0 Å². The lowest BCUT2D eigenvalue weighted by Crippen LogP contribution is -2.33. The van der Waals surface area contributed by atoms with Gasteiger partial charge in [0.15, 0.2) is 0 Å². The van der Waals surface area contributed by atoms with E-state index in [-0.39, 0.29) is 24.3 Å². The molecule has 1 unspecified atom stereocenters. The summed E-state index contributed by atoms with van der Waals surface area (Å²) in [4.78, 5) is 24.1. The zero-order chi connectivity index (χ0) is 15.7. The summed E-state index contributed by atoms with van der Waals surface area (Å²) in [6.45, 7) is 8.46. The minimum atomic E-state index is -0.279. The highest BCUT2D eigenvalue weighted by molar-refractivity contribution is 7.10.